The van der Waals surface area contributed by atoms with Crippen LogP contribution in [0.4, 0.5) is 17.1 Å². The largest absolute Gasteiger partial charge is 0.659 e. The van der Waals surface area contributed by atoms with Gasteiger partial charge in [0.05, 0.1) is 22.8 Å². The van der Waals surface area contributed by atoms with Gasteiger partial charge < -0.3 is 14.8 Å². The lowest BCUT2D eigenvalue weighted by molar-refractivity contribution is 0.743. The molecule has 302 valence electrons. The molecule has 1 aromatic heterocycles. The molecule has 0 spiro atoms. The average Bonchev–Trinajstić information content (AvgIpc) is 3.89. The Balaban J connectivity index is 0.908. The Bertz CT molecular complexity index is 3540. The molecule has 0 fully saturated rings. The highest BCUT2D eigenvalue weighted by atomic mass is 15.2. The van der Waals surface area contributed by atoms with Crippen LogP contribution in [0.25, 0.3) is 65.8 Å². The second kappa shape index (κ2) is 14.7. The van der Waals surface area contributed by atoms with Crippen molar-refractivity contribution in [2.75, 3.05) is 4.90 Å². The van der Waals surface area contributed by atoms with E-state index in [0.29, 0.717) is 0 Å². The summed E-state index contributed by atoms with van der Waals surface area (Å²) in [6.45, 7) is 0. The third-order valence-corrected chi connectivity index (χ3v) is 13.4. The molecule has 0 saturated heterocycles. The first-order valence-corrected chi connectivity index (χ1v) is 22.2. The van der Waals surface area contributed by atoms with E-state index in [1.54, 1.807) is 0 Å². The number of rotatable bonds is 6. The highest BCUT2D eigenvalue weighted by Crippen LogP contribution is 2.51. The Morgan fingerprint density at radius 2 is 1.16 bits per heavy atom. The Morgan fingerprint density at radius 3 is 2.03 bits per heavy atom. The van der Waals surface area contributed by atoms with Crippen LogP contribution < -0.4 is 4.90 Å². The number of aliphatic imine (C=N–C) groups is 1. The van der Waals surface area contributed by atoms with Gasteiger partial charge in [0, 0.05) is 45.5 Å². The van der Waals surface area contributed by atoms with Crippen molar-refractivity contribution < 1.29 is 0 Å². The Labute approximate surface area is 372 Å². The monoisotopic (exact) mass is 817 g/mol. The molecule has 0 saturated carbocycles. The Morgan fingerprint density at radius 1 is 0.469 bits per heavy atom. The summed E-state index contributed by atoms with van der Waals surface area (Å²) in [5.74, 6) is 0.203. The number of aromatic nitrogens is 1. The molecule has 0 radical (unpaired) electrons. The maximum Gasteiger partial charge on any atom is 0.0695 e. The van der Waals surface area contributed by atoms with Gasteiger partial charge >= 0.3 is 0 Å². The van der Waals surface area contributed by atoms with Gasteiger partial charge in [-0.15, -0.1) is 5.69 Å². The zero-order valence-electron chi connectivity index (χ0n) is 35.0. The van der Waals surface area contributed by atoms with Crippen molar-refractivity contribution in [2.45, 2.75) is 18.1 Å². The van der Waals surface area contributed by atoms with E-state index in [1.807, 2.05) is 0 Å². The third kappa shape index (κ3) is 5.80. The van der Waals surface area contributed by atoms with Crippen LogP contribution in [0, 0.1) is 0 Å². The normalized spacial score (nSPS) is 17.3. The summed E-state index contributed by atoms with van der Waals surface area (Å²) in [5.41, 5.74) is 17.3. The van der Waals surface area contributed by atoms with Crippen molar-refractivity contribution >= 4 is 55.4 Å². The zero-order valence-corrected chi connectivity index (χ0v) is 35.0. The summed E-state index contributed by atoms with van der Waals surface area (Å²) in [7, 11) is 0. The smallest absolute Gasteiger partial charge is 0.0695 e. The molecule has 3 aliphatic rings. The molecule has 64 heavy (non-hydrogen) atoms. The maximum absolute atomic E-state index is 5.48. The van der Waals surface area contributed by atoms with E-state index >= 15 is 0 Å². The molecule has 3 unspecified atom stereocenters. The molecule has 4 heteroatoms. The fraction of sp³-hybridized carbons (Fsp3) is 0.0500. The van der Waals surface area contributed by atoms with E-state index in [1.165, 1.54) is 60.7 Å². The van der Waals surface area contributed by atoms with E-state index < -0.39 is 6.17 Å². The molecule has 0 amide bonds. The average molecular weight is 818 g/mol. The van der Waals surface area contributed by atoms with Gasteiger partial charge in [-0.1, -0.05) is 182 Å². The highest BCUT2D eigenvalue weighted by molar-refractivity contribution is 6.21. The van der Waals surface area contributed by atoms with Gasteiger partial charge in [-0.25, -0.2) is 0 Å². The van der Waals surface area contributed by atoms with Crippen LogP contribution in [-0.4, -0.2) is 16.3 Å². The predicted molar refractivity (Wildman–Crippen MR) is 267 cm³/mol. The van der Waals surface area contributed by atoms with Crippen LogP contribution >= 0.6 is 0 Å². The van der Waals surface area contributed by atoms with Crippen LogP contribution in [0.2, 0.25) is 0 Å². The van der Waals surface area contributed by atoms with E-state index in [0.717, 1.165) is 44.9 Å². The minimum Gasteiger partial charge on any atom is -0.659 e. The van der Waals surface area contributed by atoms with Crippen molar-refractivity contribution in [2.24, 2.45) is 4.99 Å². The second-order valence-corrected chi connectivity index (χ2v) is 17.0. The minimum absolute atomic E-state index is 0.136. The molecule has 3 heterocycles. The van der Waals surface area contributed by atoms with Crippen LogP contribution in [0.3, 0.4) is 0 Å². The first-order chi connectivity index (χ1) is 31.7. The summed E-state index contributed by atoms with van der Waals surface area (Å²) in [5, 5.41) is 10.3. The van der Waals surface area contributed by atoms with E-state index in [2.05, 4.69) is 240 Å². The van der Waals surface area contributed by atoms with Gasteiger partial charge in [-0.05, 0) is 98.2 Å². The van der Waals surface area contributed by atoms with Crippen molar-refractivity contribution in [3.05, 3.63) is 258 Å². The first kappa shape index (κ1) is 36.4. The van der Waals surface area contributed by atoms with Crippen LogP contribution in [0.15, 0.2) is 236 Å². The van der Waals surface area contributed by atoms with Gasteiger partial charge in [0.2, 0.25) is 0 Å². The highest BCUT2D eigenvalue weighted by Gasteiger charge is 2.38. The Hall–Kier alpha value is -8.21. The SMILES string of the molecule is C1=CC2c3cc(-c4cccc5c4c4ccccc4n5-c4ccccc4)ccc3N(c3cccc(C4N=C(c5ccc(-c6ccccc6)cc5)c5ccc6ccccc6c5[N-]4)c3)C2C=C1. The van der Waals surface area contributed by atoms with Gasteiger partial charge in [0.15, 0.2) is 0 Å². The predicted octanol–water partition coefficient (Wildman–Crippen LogP) is 15.6. The number of allylic oxidation sites excluding steroid dienone is 2. The fourth-order valence-corrected chi connectivity index (χ4v) is 10.5. The van der Waals surface area contributed by atoms with E-state index in [9.17, 15) is 0 Å². The first-order valence-electron chi connectivity index (χ1n) is 22.2. The van der Waals surface area contributed by atoms with E-state index in [-0.39, 0.29) is 12.0 Å². The lowest BCUT2D eigenvalue weighted by Gasteiger charge is -2.39. The molecule has 3 atom stereocenters. The Kier molecular flexibility index (Phi) is 8.38. The van der Waals surface area contributed by atoms with E-state index in [4.69, 9.17) is 10.3 Å². The van der Waals surface area contributed by atoms with Gasteiger partial charge in [0.1, 0.15) is 0 Å². The number of hydrogen-bond acceptors (Lipinski definition) is 2. The van der Waals surface area contributed by atoms with Crippen molar-refractivity contribution in [3.63, 3.8) is 0 Å². The summed E-state index contributed by atoms with van der Waals surface area (Å²) >= 11 is 0. The molecule has 10 aromatic rings. The molecule has 0 N–H and O–H groups in total. The molecular weight excluding hydrogens is 777 g/mol. The van der Waals surface area contributed by atoms with Crippen LogP contribution in [0.5, 0.6) is 0 Å². The molecule has 2 aliphatic heterocycles. The van der Waals surface area contributed by atoms with Crippen molar-refractivity contribution in [1.82, 2.24) is 4.57 Å². The molecule has 9 aromatic carbocycles. The van der Waals surface area contributed by atoms with Crippen LogP contribution in [0.1, 0.15) is 34.3 Å². The zero-order chi connectivity index (χ0) is 42.1. The molecular formula is C60H41N4-. The lowest BCUT2D eigenvalue weighted by Crippen LogP contribution is -2.28. The molecule has 1 aliphatic carbocycles. The van der Waals surface area contributed by atoms with Crippen LogP contribution in [-0.2, 0) is 0 Å². The third-order valence-electron chi connectivity index (χ3n) is 13.4. The summed E-state index contributed by atoms with van der Waals surface area (Å²) in [4.78, 5) is 8.01. The quantitative estimate of drug-likeness (QED) is 0.165. The number of nitrogens with zero attached hydrogens (tertiary/aromatic N) is 4. The second-order valence-electron chi connectivity index (χ2n) is 17.0. The molecule has 13 rings (SSSR count). The molecule has 4 nitrogen and oxygen atoms in total. The minimum atomic E-state index is -0.414. The topological polar surface area (TPSA) is 34.6 Å². The van der Waals surface area contributed by atoms with Gasteiger partial charge in [-0.3, -0.25) is 4.99 Å². The number of anilines is 2. The van der Waals surface area contributed by atoms with Gasteiger partial charge in [0.25, 0.3) is 0 Å². The standard InChI is InChI=1S/C60H41N4/c1-3-15-39(16-4-1)40-29-31-42(32-30-40)58-51-35-33-41-17-7-8-22-48(41)59(51)62-60(61-58)44-18-13-21-46(37-44)64-53-26-11-9-23-49(53)52-38-43(34-36-55(52)64)47-25-14-28-56-57(47)50-24-10-12-27-54(50)63(56)45-19-5-2-6-20-45/h1-38,49,53,60H/q-1. The van der Waals surface area contributed by atoms with Crippen molar-refractivity contribution in [1.29, 1.82) is 0 Å². The summed E-state index contributed by atoms with van der Waals surface area (Å²) in [6.07, 6.45) is 8.71. The molecule has 0 bridgehead atoms. The summed E-state index contributed by atoms with van der Waals surface area (Å²) in [6, 6.07) is 74.7. The van der Waals surface area contributed by atoms with Gasteiger partial charge in [-0.2, -0.15) is 0 Å². The number of fused-ring (bicyclic) bond motifs is 9. The fourth-order valence-electron chi connectivity index (χ4n) is 10.5. The number of hydrogen-bond donors (Lipinski definition) is 0. The maximum atomic E-state index is 5.48. The summed E-state index contributed by atoms with van der Waals surface area (Å²) < 4.78 is 2.40. The number of para-hydroxylation sites is 2. The number of benzene rings is 9. The van der Waals surface area contributed by atoms with Crippen molar-refractivity contribution in [3.8, 4) is 27.9 Å². The lowest BCUT2D eigenvalue weighted by atomic mass is 9.89.